The van der Waals surface area contributed by atoms with E-state index in [1.165, 1.54) is 18.2 Å². The Labute approximate surface area is 233 Å². The van der Waals surface area contributed by atoms with Gasteiger partial charge in [0, 0.05) is 39.3 Å². The van der Waals surface area contributed by atoms with Gasteiger partial charge in [0.05, 0.1) is 18.8 Å². The summed E-state index contributed by atoms with van der Waals surface area (Å²) in [6.45, 7) is 6.15. The van der Waals surface area contributed by atoms with Gasteiger partial charge in [0.1, 0.15) is 23.1 Å². The number of anilines is 1. The van der Waals surface area contributed by atoms with Crippen molar-refractivity contribution < 1.29 is 22.7 Å². The van der Waals surface area contributed by atoms with Gasteiger partial charge >= 0.3 is 0 Å². The van der Waals surface area contributed by atoms with Crippen LogP contribution in [0.15, 0.2) is 89.3 Å². The average molecular weight is 546 g/mol. The molecule has 0 saturated carbocycles. The second-order valence-corrected chi connectivity index (χ2v) is 9.85. The number of piperazine rings is 1. The van der Waals surface area contributed by atoms with E-state index in [1.54, 1.807) is 29.2 Å². The number of carbonyl (C=O) groups excluding carboxylic acids is 1. The SMILES string of the molecule is CCOc1ccc(CN(Cc2cccc(F)c2)Cc2ccc(C(=O)N3CCN(c4ccccc4F)CC3)o2)cc1. The Balaban J connectivity index is 1.24. The lowest BCUT2D eigenvalue weighted by molar-refractivity contribution is 0.0710. The summed E-state index contributed by atoms with van der Waals surface area (Å²) in [7, 11) is 0. The minimum absolute atomic E-state index is 0.178. The molecule has 0 radical (unpaired) electrons. The number of para-hydroxylation sites is 1. The minimum Gasteiger partial charge on any atom is -0.494 e. The quantitative estimate of drug-likeness (QED) is 0.240. The monoisotopic (exact) mass is 545 g/mol. The fourth-order valence-electron chi connectivity index (χ4n) is 4.99. The normalized spacial score (nSPS) is 13.6. The largest absolute Gasteiger partial charge is 0.494 e. The van der Waals surface area contributed by atoms with E-state index in [2.05, 4.69) is 4.90 Å². The summed E-state index contributed by atoms with van der Waals surface area (Å²) >= 11 is 0. The highest BCUT2D eigenvalue weighted by Gasteiger charge is 2.25. The zero-order valence-electron chi connectivity index (χ0n) is 22.6. The van der Waals surface area contributed by atoms with Gasteiger partial charge in [0.25, 0.3) is 5.91 Å². The van der Waals surface area contributed by atoms with Crippen LogP contribution in [0.1, 0.15) is 34.4 Å². The molecule has 0 spiro atoms. The Morgan fingerprint density at radius 1 is 0.850 bits per heavy atom. The van der Waals surface area contributed by atoms with Gasteiger partial charge in [-0.3, -0.25) is 9.69 Å². The van der Waals surface area contributed by atoms with Crippen molar-refractivity contribution in [2.24, 2.45) is 0 Å². The molecule has 5 rings (SSSR count). The summed E-state index contributed by atoms with van der Waals surface area (Å²) in [5.74, 6) is 1.02. The number of benzene rings is 3. The molecule has 3 aromatic carbocycles. The van der Waals surface area contributed by atoms with Crippen molar-refractivity contribution in [3.8, 4) is 5.75 Å². The van der Waals surface area contributed by atoms with Gasteiger partial charge in [0.2, 0.25) is 0 Å². The number of hydrogen-bond acceptors (Lipinski definition) is 5. The van der Waals surface area contributed by atoms with Crippen molar-refractivity contribution in [1.29, 1.82) is 0 Å². The van der Waals surface area contributed by atoms with Crippen molar-refractivity contribution in [2.45, 2.75) is 26.6 Å². The third-order valence-electron chi connectivity index (χ3n) is 6.95. The van der Waals surface area contributed by atoms with E-state index in [9.17, 15) is 13.6 Å². The van der Waals surface area contributed by atoms with E-state index in [-0.39, 0.29) is 23.3 Å². The van der Waals surface area contributed by atoms with Gasteiger partial charge in [-0.2, -0.15) is 0 Å². The molecule has 1 aromatic heterocycles. The van der Waals surface area contributed by atoms with E-state index in [1.807, 2.05) is 54.3 Å². The van der Waals surface area contributed by atoms with Gasteiger partial charge in [-0.15, -0.1) is 0 Å². The van der Waals surface area contributed by atoms with Gasteiger partial charge in [-0.1, -0.05) is 36.4 Å². The number of hydrogen-bond donors (Lipinski definition) is 0. The predicted octanol–water partition coefficient (Wildman–Crippen LogP) is 6.12. The maximum absolute atomic E-state index is 14.2. The molecule has 0 unspecified atom stereocenters. The molecule has 4 aromatic rings. The van der Waals surface area contributed by atoms with Crippen LogP contribution in [0.5, 0.6) is 5.75 Å². The Kier molecular flexibility index (Phi) is 8.76. The van der Waals surface area contributed by atoms with Gasteiger partial charge in [0.15, 0.2) is 5.76 Å². The third kappa shape index (κ3) is 6.87. The fraction of sp³-hybridized carbons (Fsp3) is 0.281. The molecule has 1 aliphatic rings. The zero-order valence-corrected chi connectivity index (χ0v) is 22.6. The molecule has 0 N–H and O–H groups in total. The number of nitrogens with zero attached hydrogens (tertiary/aromatic N) is 3. The molecule has 208 valence electrons. The van der Waals surface area contributed by atoms with Crippen LogP contribution >= 0.6 is 0 Å². The number of halogens is 2. The summed E-state index contributed by atoms with van der Waals surface area (Å²) < 4.78 is 39.6. The van der Waals surface area contributed by atoms with Crippen LogP contribution in [-0.4, -0.2) is 48.5 Å². The first-order valence-corrected chi connectivity index (χ1v) is 13.5. The molecular formula is C32H33F2N3O3. The highest BCUT2D eigenvalue weighted by molar-refractivity contribution is 5.91. The van der Waals surface area contributed by atoms with Crippen LogP contribution in [0.2, 0.25) is 0 Å². The highest BCUT2D eigenvalue weighted by atomic mass is 19.1. The molecule has 6 nitrogen and oxygen atoms in total. The number of carbonyl (C=O) groups is 1. The lowest BCUT2D eigenvalue weighted by Crippen LogP contribution is -2.49. The highest BCUT2D eigenvalue weighted by Crippen LogP contribution is 2.22. The first-order chi connectivity index (χ1) is 19.5. The summed E-state index contributed by atoms with van der Waals surface area (Å²) in [6, 6.07) is 24.7. The smallest absolute Gasteiger partial charge is 0.289 e. The van der Waals surface area contributed by atoms with Crippen molar-refractivity contribution >= 4 is 11.6 Å². The van der Waals surface area contributed by atoms with Crippen molar-refractivity contribution in [3.05, 3.63) is 119 Å². The van der Waals surface area contributed by atoms with Crippen LogP contribution in [-0.2, 0) is 19.6 Å². The first kappa shape index (κ1) is 27.4. The predicted molar refractivity (Wildman–Crippen MR) is 150 cm³/mol. The maximum atomic E-state index is 14.2. The molecule has 0 aliphatic carbocycles. The van der Waals surface area contributed by atoms with Crippen LogP contribution in [0.3, 0.4) is 0 Å². The Hall–Kier alpha value is -4.17. The molecule has 0 atom stereocenters. The fourth-order valence-corrected chi connectivity index (χ4v) is 4.99. The molecule has 1 fully saturated rings. The number of furan rings is 1. The average Bonchev–Trinajstić information content (AvgIpc) is 3.43. The molecule has 0 bridgehead atoms. The van der Waals surface area contributed by atoms with E-state index < -0.39 is 0 Å². The maximum Gasteiger partial charge on any atom is 0.289 e. The van der Waals surface area contributed by atoms with E-state index in [0.29, 0.717) is 63.9 Å². The van der Waals surface area contributed by atoms with Crippen molar-refractivity contribution in [3.63, 3.8) is 0 Å². The second-order valence-electron chi connectivity index (χ2n) is 9.85. The third-order valence-corrected chi connectivity index (χ3v) is 6.95. The van der Waals surface area contributed by atoms with Crippen LogP contribution in [0, 0.1) is 11.6 Å². The summed E-state index contributed by atoms with van der Waals surface area (Å²) in [4.78, 5) is 19.0. The van der Waals surface area contributed by atoms with Crippen molar-refractivity contribution in [1.82, 2.24) is 9.80 Å². The molecule has 2 heterocycles. The van der Waals surface area contributed by atoms with Crippen LogP contribution < -0.4 is 9.64 Å². The second kappa shape index (κ2) is 12.8. The Morgan fingerprint density at radius 3 is 2.33 bits per heavy atom. The molecule has 1 amide bonds. The van der Waals surface area contributed by atoms with Gasteiger partial charge < -0.3 is 19.0 Å². The molecule has 40 heavy (non-hydrogen) atoms. The molecular weight excluding hydrogens is 512 g/mol. The van der Waals surface area contributed by atoms with E-state index in [4.69, 9.17) is 9.15 Å². The Bertz CT molecular complexity index is 1410. The Morgan fingerprint density at radius 2 is 1.60 bits per heavy atom. The van der Waals surface area contributed by atoms with Crippen molar-refractivity contribution in [2.75, 3.05) is 37.7 Å². The molecule has 1 saturated heterocycles. The first-order valence-electron chi connectivity index (χ1n) is 13.5. The minimum atomic E-state index is -0.278. The lowest BCUT2D eigenvalue weighted by Gasteiger charge is -2.35. The summed E-state index contributed by atoms with van der Waals surface area (Å²) in [5.41, 5.74) is 2.48. The summed E-state index contributed by atoms with van der Waals surface area (Å²) in [5, 5.41) is 0. The van der Waals surface area contributed by atoms with Gasteiger partial charge in [-0.25, -0.2) is 8.78 Å². The van der Waals surface area contributed by atoms with Crippen LogP contribution in [0.4, 0.5) is 14.5 Å². The number of amides is 1. The molecule has 8 heteroatoms. The van der Waals surface area contributed by atoms with E-state index >= 15 is 0 Å². The summed E-state index contributed by atoms with van der Waals surface area (Å²) in [6.07, 6.45) is 0. The lowest BCUT2D eigenvalue weighted by atomic mass is 10.1. The topological polar surface area (TPSA) is 49.2 Å². The van der Waals surface area contributed by atoms with E-state index in [0.717, 1.165) is 16.9 Å². The number of rotatable bonds is 10. The molecule has 1 aliphatic heterocycles. The zero-order chi connectivity index (χ0) is 27.9. The number of ether oxygens (including phenoxy) is 1. The standard InChI is InChI=1S/C32H33F2N3O3/c1-2-39-27-12-10-24(11-13-27)21-35(22-25-6-5-7-26(33)20-25)23-28-14-15-31(40-28)32(38)37-18-16-36(17-19-37)30-9-4-3-8-29(30)34/h3-15,20H,2,16-19,21-23H2,1H3. The van der Waals surface area contributed by atoms with Crippen LogP contribution in [0.25, 0.3) is 0 Å². The van der Waals surface area contributed by atoms with Gasteiger partial charge in [-0.05, 0) is 66.6 Å².